The minimum absolute atomic E-state index is 0.00126. The van der Waals surface area contributed by atoms with Crippen LogP contribution in [-0.4, -0.2) is 80.7 Å². The highest BCUT2D eigenvalue weighted by Gasteiger charge is 2.37. The van der Waals surface area contributed by atoms with E-state index in [2.05, 4.69) is 40.6 Å². The summed E-state index contributed by atoms with van der Waals surface area (Å²) in [4.78, 5) is 0. The summed E-state index contributed by atoms with van der Waals surface area (Å²) in [6, 6.07) is 30.8. The van der Waals surface area contributed by atoms with Crippen molar-refractivity contribution in [1.29, 1.82) is 0 Å². The largest absolute Gasteiger partial charge is 0.377 e. The molecule has 0 aliphatic heterocycles. The standard InChI is InChI=1S/C30H38O8S/c1-39(31,32)38-26-24-36-22-20-34-18-17-33-19-21-35-23-25-37-30(27-11-5-2-6-12-27,28-13-7-3-8-14-28)29-15-9-4-10-16-29/h2-16H,17-26H2,1H3. The normalized spacial score (nSPS) is 12.0. The van der Waals surface area contributed by atoms with Crippen molar-refractivity contribution in [3.8, 4) is 0 Å². The van der Waals surface area contributed by atoms with Crippen LogP contribution in [0, 0.1) is 0 Å². The number of ether oxygens (including phenoxy) is 5. The van der Waals surface area contributed by atoms with Crippen LogP contribution in [0.4, 0.5) is 0 Å². The van der Waals surface area contributed by atoms with Gasteiger partial charge in [0.25, 0.3) is 10.1 Å². The third-order valence-electron chi connectivity index (χ3n) is 5.73. The Kier molecular flexibility index (Phi) is 13.6. The molecule has 0 aliphatic rings. The zero-order chi connectivity index (χ0) is 27.7. The van der Waals surface area contributed by atoms with E-state index in [0.29, 0.717) is 52.9 Å². The van der Waals surface area contributed by atoms with Crippen LogP contribution >= 0.6 is 0 Å². The van der Waals surface area contributed by atoms with Crippen LogP contribution in [0.3, 0.4) is 0 Å². The second-order valence-corrected chi connectivity index (χ2v) is 10.2. The second-order valence-electron chi connectivity index (χ2n) is 8.60. The Morgan fingerprint density at radius 3 is 1.13 bits per heavy atom. The second kappa shape index (κ2) is 17.1. The molecular formula is C30H38O8S. The summed E-state index contributed by atoms with van der Waals surface area (Å²) in [7, 11) is -3.43. The van der Waals surface area contributed by atoms with Crippen molar-refractivity contribution in [3.63, 3.8) is 0 Å². The molecule has 9 heteroatoms. The molecule has 0 unspecified atom stereocenters. The van der Waals surface area contributed by atoms with Gasteiger partial charge in [-0.25, -0.2) is 0 Å². The minimum atomic E-state index is -3.43. The maximum atomic E-state index is 10.8. The van der Waals surface area contributed by atoms with E-state index < -0.39 is 15.7 Å². The Labute approximate surface area is 231 Å². The maximum Gasteiger partial charge on any atom is 0.264 e. The molecule has 0 radical (unpaired) electrons. The van der Waals surface area contributed by atoms with Crippen LogP contribution in [-0.2, 0) is 43.6 Å². The molecule has 0 heterocycles. The third kappa shape index (κ3) is 10.8. The molecule has 8 nitrogen and oxygen atoms in total. The zero-order valence-corrected chi connectivity index (χ0v) is 23.2. The number of hydrogen-bond donors (Lipinski definition) is 0. The number of rotatable bonds is 20. The highest BCUT2D eigenvalue weighted by molar-refractivity contribution is 7.85. The first-order chi connectivity index (χ1) is 19.0. The van der Waals surface area contributed by atoms with Gasteiger partial charge in [-0.05, 0) is 16.7 Å². The SMILES string of the molecule is CS(=O)(=O)OCCOCCOCCOCCOCCOC(c1ccccc1)(c1ccccc1)c1ccccc1. The van der Waals surface area contributed by atoms with E-state index in [-0.39, 0.29) is 13.2 Å². The van der Waals surface area contributed by atoms with Crippen LogP contribution in [0.15, 0.2) is 91.0 Å². The summed E-state index contributed by atoms with van der Waals surface area (Å²) in [6.07, 6.45) is 1.00. The van der Waals surface area contributed by atoms with E-state index in [4.69, 9.17) is 23.7 Å². The number of hydrogen-bond acceptors (Lipinski definition) is 8. The fraction of sp³-hybridized carbons (Fsp3) is 0.400. The van der Waals surface area contributed by atoms with Crippen LogP contribution in [0.1, 0.15) is 16.7 Å². The highest BCUT2D eigenvalue weighted by atomic mass is 32.2. The van der Waals surface area contributed by atoms with E-state index in [0.717, 1.165) is 22.9 Å². The maximum absolute atomic E-state index is 10.8. The van der Waals surface area contributed by atoms with E-state index in [1.807, 2.05) is 54.6 Å². The number of benzene rings is 3. The fourth-order valence-corrected chi connectivity index (χ4v) is 4.40. The lowest BCUT2D eigenvalue weighted by Crippen LogP contribution is -2.34. The monoisotopic (exact) mass is 558 g/mol. The van der Waals surface area contributed by atoms with Crippen molar-refractivity contribution in [3.05, 3.63) is 108 Å². The first-order valence-corrected chi connectivity index (χ1v) is 14.8. The molecule has 0 saturated heterocycles. The van der Waals surface area contributed by atoms with Crippen LogP contribution in [0.5, 0.6) is 0 Å². The van der Waals surface area contributed by atoms with Gasteiger partial charge >= 0.3 is 0 Å². The summed E-state index contributed by atoms with van der Waals surface area (Å²) >= 11 is 0. The van der Waals surface area contributed by atoms with Crippen molar-refractivity contribution in [1.82, 2.24) is 0 Å². The van der Waals surface area contributed by atoms with E-state index in [9.17, 15) is 8.42 Å². The lowest BCUT2D eigenvalue weighted by Gasteiger charge is -2.36. The summed E-state index contributed by atoms with van der Waals surface area (Å²) in [6.45, 7) is 3.53. The van der Waals surface area contributed by atoms with Crippen molar-refractivity contribution < 1.29 is 36.3 Å². The molecule has 0 saturated carbocycles. The Morgan fingerprint density at radius 1 is 0.487 bits per heavy atom. The van der Waals surface area contributed by atoms with E-state index >= 15 is 0 Å². The average molecular weight is 559 g/mol. The van der Waals surface area contributed by atoms with Gasteiger partial charge in [0.2, 0.25) is 0 Å². The van der Waals surface area contributed by atoms with Crippen LogP contribution in [0.25, 0.3) is 0 Å². The molecule has 212 valence electrons. The van der Waals surface area contributed by atoms with Crippen molar-refractivity contribution >= 4 is 10.1 Å². The smallest absolute Gasteiger partial charge is 0.264 e. The first-order valence-electron chi connectivity index (χ1n) is 13.0. The summed E-state index contributed by atoms with van der Waals surface area (Å²) < 4.78 is 54.9. The quantitative estimate of drug-likeness (QED) is 0.117. The molecule has 0 spiro atoms. The van der Waals surface area contributed by atoms with E-state index in [1.165, 1.54) is 0 Å². The van der Waals surface area contributed by atoms with Gasteiger partial charge in [-0.15, -0.1) is 0 Å². The van der Waals surface area contributed by atoms with Crippen LogP contribution in [0.2, 0.25) is 0 Å². The van der Waals surface area contributed by atoms with Gasteiger partial charge < -0.3 is 23.7 Å². The molecule has 39 heavy (non-hydrogen) atoms. The Hall–Kier alpha value is -2.63. The van der Waals surface area contributed by atoms with Gasteiger partial charge in [-0.1, -0.05) is 91.0 Å². The van der Waals surface area contributed by atoms with Crippen molar-refractivity contribution in [2.45, 2.75) is 5.60 Å². The average Bonchev–Trinajstić information content (AvgIpc) is 2.96. The van der Waals surface area contributed by atoms with Crippen molar-refractivity contribution in [2.75, 3.05) is 72.3 Å². The molecule has 3 aromatic carbocycles. The molecule has 0 aliphatic carbocycles. The molecule has 0 fully saturated rings. The van der Waals surface area contributed by atoms with Gasteiger partial charge in [0.05, 0.1) is 72.3 Å². The summed E-state index contributed by atoms with van der Waals surface area (Å²) in [5, 5.41) is 0. The predicted molar refractivity (Wildman–Crippen MR) is 149 cm³/mol. The Morgan fingerprint density at radius 2 is 0.795 bits per heavy atom. The van der Waals surface area contributed by atoms with Gasteiger partial charge in [0, 0.05) is 0 Å². The van der Waals surface area contributed by atoms with Crippen molar-refractivity contribution in [2.24, 2.45) is 0 Å². The van der Waals surface area contributed by atoms with Gasteiger partial charge in [0.1, 0.15) is 5.60 Å². The zero-order valence-electron chi connectivity index (χ0n) is 22.4. The van der Waals surface area contributed by atoms with E-state index in [1.54, 1.807) is 0 Å². The first kappa shape index (κ1) is 30.9. The highest BCUT2D eigenvalue weighted by Crippen LogP contribution is 2.40. The topological polar surface area (TPSA) is 89.5 Å². The van der Waals surface area contributed by atoms with Crippen LogP contribution < -0.4 is 0 Å². The molecule has 0 N–H and O–H groups in total. The van der Waals surface area contributed by atoms with Gasteiger partial charge in [0.15, 0.2) is 0 Å². The van der Waals surface area contributed by atoms with Gasteiger partial charge in [-0.3, -0.25) is 4.18 Å². The summed E-state index contributed by atoms with van der Waals surface area (Å²) in [5.74, 6) is 0. The Balaban J connectivity index is 1.37. The third-order valence-corrected chi connectivity index (χ3v) is 6.32. The van der Waals surface area contributed by atoms with Gasteiger partial charge in [-0.2, -0.15) is 8.42 Å². The predicted octanol–water partition coefficient (Wildman–Crippen LogP) is 4.04. The lowest BCUT2D eigenvalue weighted by atomic mass is 9.80. The molecule has 0 bridgehead atoms. The molecular weight excluding hydrogens is 520 g/mol. The molecule has 0 amide bonds. The molecule has 0 aromatic heterocycles. The molecule has 3 aromatic rings. The molecule has 3 rings (SSSR count). The minimum Gasteiger partial charge on any atom is -0.377 e. The fourth-order valence-electron chi connectivity index (χ4n) is 4.03. The molecule has 0 atom stereocenters. The Bertz CT molecular complexity index is 1040. The lowest BCUT2D eigenvalue weighted by molar-refractivity contribution is -0.0386. The summed E-state index contributed by atoms with van der Waals surface area (Å²) in [5.41, 5.74) is 2.40.